The summed E-state index contributed by atoms with van der Waals surface area (Å²) < 4.78 is 5.87. The van der Waals surface area contributed by atoms with E-state index in [1.807, 2.05) is 0 Å². The van der Waals surface area contributed by atoms with Gasteiger partial charge in [-0.05, 0) is 83.5 Å². The molecule has 0 aliphatic heterocycles. The van der Waals surface area contributed by atoms with E-state index >= 15 is 0 Å². The summed E-state index contributed by atoms with van der Waals surface area (Å²) in [7, 11) is 0. The minimum Gasteiger partial charge on any atom is -0.462 e. The van der Waals surface area contributed by atoms with Crippen LogP contribution < -0.4 is 5.32 Å². The molecular formula is C53H93NO5. The van der Waals surface area contributed by atoms with Gasteiger partial charge in [0.15, 0.2) is 0 Å². The number of amides is 1. The molecule has 6 heteroatoms. The molecule has 0 bridgehead atoms. The number of hydrogen-bond acceptors (Lipinski definition) is 5. The average Bonchev–Trinajstić information content (AvgIpc) is 3.23. The molecular weight excluding hydrogens is 731 g/mol. The summed E-state index contributed by atoms with van der Waals surface area (Å²) in [4.78, 5) is 26.0. The van der Waals surface area contributed by atoms with Gasteiger partial charge < -0.3 is 20.3 Å². The molecule has 340 valence electrons. The van der Waals surface area contributed by atoms with E-state index in [0.717, 1.165) is 89.9 Å². The van der Waals surface area contributed by atoms with E-state index in [9.17, 15) is 19.8 Å². The average molecular weight is 824 g/mol. The van der Waals surface area contributed by atoms with Crippen LogP contribution in [0.5, 0.6) is 0 Å². The smallest absolute Gasteiger partial charge is 0.306 e. The third kappa shape index (κ3) is 41.8. The van der Waals surface area contributed by atoms with Crippen molar-refractivity contribution in [2.75, 3.05) is 6.61 Å². The molecule has 3 N–H and O–H groups in total. The van der Waals surface area contributed by atoms with Crippen molar-refractivity contribution in [1.29, 1.82) is 0 Å². The van der Waals surface area contributed by atoms with Crippen LogP contribution in [0.3, 0.4) is 0 Å². The number of rotatable bonds is 43. The number of esters is 1. The summed E-state index contributed by atoms with van der Waals surface area (Å²) in [5.41, 5.74) is 0. The van der Waals surface area contributed by atoms with Crippen LogP contribution in [0.4, 0.5) is 0 Å². The van der Waals surface area contributed by atoms with Crippen molar-refractivity contribution < 1.29 is 24.5 Å². The van der Waals surface area contributed by atoms with Crippen LogP contribution in [0.2, 0.25) is 0 Å². The zero-order valence-corrected chi connectivity index (χ0v) is 38.6. The van der Waals surface area contributed by atoms with Gasteiger partial charge >= 0.3 is 5.97 Å². The highest BCUT2D eigenvalue weighted by Crippen LogP contribution is 2.17. The van der Waals surface area contributed by atoms with Crippen LogP contribution in [-0.4, -0.2) is 46.9 Å². The molecule has 0 spiro atoms. The quantitative estimate of drug-likeness (QED) is 0.0323. The molecule has 0 saturated carbocycles. The molecule has 0 aromatic carbocycles. The minimum atomic E-state index is -0.802. The predicted molar refractivity (Wildman–Crippen MR) is 255 cm³/mol. The highest BCUT2D eigenvalue weighted by Gasteiger charge is 2.24. The van der Waals surface area contributed by atoms with Crippen molar-refractivity contribution in [2.45, 2.75) is 244 Å². The van der Waals surface area contributed by atoms with Crippen molar-refractivity contribution >= 4 is 11.9 Å². The maximum absolute atomic E-state index is 13.1. The van der Waals surface area contributed by atoms with Crippen LogP contribution >= 0.6 is 0 Å². The first kappa shape index (κ1) is 56.3. The molecule has 59 heavy (non-hydrogen) atoms. The lowest BCUT2D eigenvalue weighted by molar-refractivity contribution is -0.151. The highest BCUT2D eigenvalue weighted by atomic mass is 16.5. The Bertz CT molecular complexity index is 1110. The van der Waals surface area contributed by atoms with E-state index in [2.05, 4.69) is 99.0 Å². The van der Waals surface area contributed by atoms with E-state index in [0.29, 0.717) is 25.7 Å². The second-order valence-electron chi connectivity index (χ2n) is 16.5. The summed E-state index contributed by atoms with van der Waals surface area (Å²) in [6.45, 7) is 6.30. The molecule has 0 saturated heterocycles. The summed E-state index contributed by atoms with van der Waals surface area (Å²) in [6, 6.07) is -0.719. The number of aliphatic hydroxyl groups excluding tert-OH is 2. The summed E-state index contributed by atoms with van der Waals surface area (Å²) in [5, 5.41) is 23.7. The summed E-state index contributed by atoms with van der Waals surface area (Å²) in [5.74, 6) is -0.565. The van der Waals surface area contributed by atoms with E-state index in [1.54, 1.807) is 0 Å². The van der Waals surface area contributed by atoms with Gasteiger partial charge in [-0.2, -0.15) is 0 Å². The maximum atomic E-state index is 13.1. The van der Waals surface area contributed by atoms with Gasteiger partial charge in [-0.3, -0.25) is 9.59 Å². The van der Waals surface area contributed by atoms with E-state index in [-0.39, 0.29) is 24.9 Å². The van der Waals surface area contributed by atoms with Crippen molar-refractivity contribution in [3.05, 3.63) is 72.9 Å². The van der Waals surface area contributed by atoms with E-state index < -0.39 is 18.2 Å². The Balaban J connectivity index is 4.58. The van der Waals surface area contributed by atoms with Crippen molar-refractivity contribution in [2.24, 2.45) is 0 Å². The molecule has 0 rings (SSSR count). The molecule has 0 aromatic heterocycles. The Labute approximate surface area is 364 Å². The summed E-state index contributed by atoms with van der Waals surface area (Å²) >= 11 is 0. The van der Waals surface area contributed by atoms with Gasteiger partial charge in [0.05, 0.1) is 25.2 Å². The fraction of sp³-hybridized carbons (Fsp3) is 0.736. The Morgan fingerprint density at radius 3 is 1.46 bits per heavy atom. The fourth-order valence-electron chi connectivity index (χ4n) is 7.03. The molecule has 0 aromatic rings. The van der Waals surface area contributed by atoms with Crippen molar-refractivity contribution in [3.63, 3.8) is 0 Å². The number of allylic oxidation sites excluding steroid dienone is 12. The van der Waals surface area contributed by atoms with Crippen molar-refractivity contribution in [3.8, 4) is 0 Å². The standard InChI is InChI=1S/C53H93NO5/c1-4-7-10-13-16-19-21-23-25-26-27-29-31-34-37-40-43-46-53(58)59-49(44-41-38-35-32-18-15-12-9-6-3)47-52(57)54-50(48-55)51(56)45-42-39-36-33-30-28-24-22-20-17-14-11-8-5-2/h7,10,15-16,18-19,23,25,27,29,34,37,49-51,55-56H,4-6,8-9,11-14,17,20-22,24,26,28,30-33,35-36,38-48H2,1-3H3,(H,54,57)/b10-7-,18-15-,19-16-,25-23-,29-27-,37-34-. The topological polar surface area (TPSA) is 95.9 Å². The molecule has 3 unspecified atom stereocenters. The van der Waals surface area contributed by atoms with Gasteiger partial charge in [0.2, 0.25) is 5.91 Å². The third-order valence-electron chi connectivity index (χ3n) is 10.8. The molecule has 0 aliphatic rings. The number of carbonyl (C=O) groups is 2. The first-order valence-corrected chi connectivity index (χ1v) is 24.7. The lowest BCUT2D eigenvalue weighted by Gasteiger charge is -2.24. The lowest BCUT2D eigenvalue weighted by Crippen LogP contribution is -2.46. The van der Waals surface area contributed by atoms with E-state index in [4.69, 9.17) is 4.74 Å². The molecule has 1 amide bonds. The maximum Gasteiger partial charge on any atom is 0.306 e. The predicted octanol–water partition coefficient (Wildman–Crippen LogP) is 14.6. The van der Waals surface area contributed by atoms with Crippen LogP contribution in [0.15, 0.2) is 72.9 Å². The van der Waals surface area contributed by atoms with Gasteiger partial charge in [0, 0.05) is 6.42 Å². The van der Waals surface area contributed by atoms with Crippen LogP contribution in [0, 0.1) is 0 Å². The van der Waals surface area contributed by atoms with Crippen molar-refractivity contribution in [1.82, 2.24) is 5.32 Å². The molecule has 0 fully saturated rings. The molecule has 0 radical (unpaired) electrons. The largest absolute Gasteiger partial charge is 0.462 e. The Morgan fingerprint density at radius 1 is 0.508 bits per heavy atom. The van der Waals surface area contributed by atoms with Gasteiger partial charge in [-0.25, -0.2) is 0 Å². The van der Waals surface area contributed by atoms with Crippen LogP contribution in [-0.2, 0) is 14.3 Å². The number of ether oxygens (including phenoxy) is 1. The molecule has 6 nitrogen and oxygen atoms in total. The van der Waals surface area contributed by atoms with E-state index in [1.165, 1.54) is 83.5 Å². The van der Waals surface area contributed by atoms with Gasteiger partial charge in [0.25, 0.3) is 0 Å². The minimum absolute atomic E-state index is 0.0412. The molecule has 3 atom stereocenters. The first-order chi connectivity index (χ1) is 29.0. The lowest BCUT2D eigenvalue weighted by atomic mass is 10.0. The fourth-order valence-corrected chi connectivity index (χ4v) is 7.03. The zero-order valence-electron chi connectivity index (χ0n) is 38.6. The Kier molecular flexibility index (Phi) is 44.2. The second kappa shape index (κ2) is 46.4. The first-order valence-electron chi connectivity index (χ1n) is 24.7. The van der Waals surface area contributed by atoms with Gasteiger partial charge in [-0.15, -0.1) is 0 Å². The second-order valence-corrected chi connectivity index (χ2v) is 16.5. The number of carbonyl (C=O) groups excluding carboxylic acids is 2. The SMILES string of the molecule is CC/C=C\C/C=C\C/C=C\C/C=C\C/C=C\CCCC(=O)OC(CCCCC/C=C\CCCC)CC(=O)NC(CO)C(O)CCCCCCCCCCCCCCCC. The number of nitrogens with one attached hydrogen (secondary N) is 1. The number of hydrogen-bond donors (Lipinski definition) is 3. The van der Waals surface area contributed by atoms with Gasteiger partial charge in [0.1, 0.15) is 6.10 Å². The third-order valence-corrected chi connectivity index (χ3v) is 10.8. The normalized spacial score (nSPS) is 13.9. The Hall–Kier alpha value is -2.70. The highest BCUT2D eigenvalue weighted by molar-refractivity contribution is 5.77. The monoisotopic (exact) mass is 824 g/mol. The molecule has 0 heterocycles. The Morgan fingerprint density at radius 2 is 0.932 bits per heavy atom. The summed E-state index contributed by atoms with van der Waals surface area (Å²) in [6.07, 6.45) is 58.3. The molecule has 0 aliphatic carbocycles. The van der Waals surface area contributed by atoms with Crippen LogP contribution in [0.25, 0.3) is 0 Å². The number of unbranched alkanes of at least 4 members (excludes halogenated alkanes) is 19. The number of aliphatic hydroxyl groups is 2. The zero-order chi connectivity index (χ0) is 43.1. The van der Waals surface area contributed by atoms with Crippen LogP contribution in [0.1, 0.15) is 226 Å². The van der Waals surface area contributed by atoms with Gasteiger partial charge in [-0.1, -0.05) is 203 Å².